The summed E-state index contributed by atoms with van der Waals surface area (Å²) in [4.78, 5) is 2.52. The van der Waals surface area contributed by atoms with Gasteiger partial charge in [0.25, 0.3) is 0 Å². The molecule has 0 saturated carbocycles. The quantitative estimate of drug-likeness (QED) is 0.656. The van der Waals surface area contributed by atoms with Gasteiger partial charge in [-0.15, -0.1) is 11.6 Å². The first-order chi connectivity index (χ1) is 8.62. The van der Waals surface area contributed by atoms with Crippen LogP contribution < -0.4 is 0 Å². The summed E-state index contributed by atoms with van der Waals surface area (Å²) in [5, 5.41) is 0. The lowest BCUT2D eigenvalue weighted by molar-refractivity contribution is 0.188. The Hall–Kier alpha value is -0.530. The Balaban J connectivity index is 2.85. The number of alkyl halides is 1. The normalized spacial score (nSPS) is 11.5. The first-order valence-electron chi connectivity index (χ1n) is 6.98. The van der Waals surface area contributed by atoms with Crippen molar-refractivity contribution in [2.75, 3.05) is 12.4 Å². The van der Waals surface area contributed by atoms with E-state index in [4.69, 9.17) is 11.6 Å². The van der Waals surface area contributed by atoms with Crippen LogP contribution in [0.15, 0.2) is 18.2 Å². The third-order valence-electron chi connectivity index (χ3n) is 3.71. The minimum atomic E-state index is 0.642. The zero-order chi connectivity index (χ0) is 13.5. The highest BCUT2D eigenvalue weighted by molar-refractivity contribution is 6.18. The molecule has 0 aliphatic carbocycles. The third kappa shape index (κ3) is 4.29. The molecular formula is C16H26ClN. The topological polar surface area (TPSA) is 3.24 Å². The predicted molar refractivity (Wildman–Crippen MR) is 81.4 cm³/mol. The van der Waals surface area contributed by atoms with E-state index in [9.17, 15) is 0 Å². The van der Waals surface area contributed by atoms with Crippen molar-refractivity contribution in [1.29, 1.82) is 0 Å². The SMILES string of the molecule is CCC(CC)N(CCCl)Cc1cc(C)ccc1C. The molecule has 18 heavy (non-hydrogen) atoms. The van der Waals surface area contributed by atoms with Crippen molar-refractivity contribution in [3.63, 3.8) is 0 Å². The molecule has 0 fully saturated rings. The first-order valence-corrected chi connectivity index (χ1v) is 7.51. The zero-order valence-electron chi connectivity index (χ0n) is 12.2. The molecule has 1 aromatic carbocycles. The summed E-state index contributed by atoms with van der Waals surface area (Å²) >= 11 is 5.95. The van der Waals surface area contributed by atoms with E-state index in [0.29, 0.717) is 11.9 Å². The minimum Gasteiger partial charge on any atom is -0.295 e. The highest BCUT2D eigenvalue weighted by atomic mass is 35.5. The van der Waals surface area contributed by atoms with Crippen molar-refractivity contribution in [3.8, 4) is 0 Å². The van der Waals surface area contributed by atoms with Gasteiger partial charge in [0.2, 0.25) is 0 Å². The number of hydrogen-bond donors (Lipinski definition) is 0. The van der Waals surface area contributed by atoms with Gasteiger partial charge in [-0.3, -0.25) is 4.90 Å². The zero-order valence-corrected chi connectivity index (χ0v) is 12.9. The highest BCUT2D eigenvalue weighted by Crippen LogP contribution is 2.17. The molecule has 1 nitrogen and oxygen atoms in total. The standard InChI is InChI=1S/C16H26ClN/c1-5-16(6-2)18(10-9-17)12-15-11-13(3)7-8-14(15)4/h7-8,11,16H,5-6,9-10,12H2,1-4H3. The minimum absolute atomic E-state index is 0.642. The molecule has 0 spiro atoms. The van der Waals surface area contributed by atoms with Crippen LogP contribution in [0.1, 0.15) is 43.4 Å². The van der Waals surface area contributed by atoms with E-state index in [2.05, 4.69) is 50.8 Å². The lowest BCUT2D eigenvalue weighted by Gasteiger charge is -2.30. The van der Waals surface area contributed by atoms with Gasteiger partial charge < -0.3 is 0 Å². The van der Waals surface area contributed by atoms with Crippen molar-refractivity contribution in [3.05, 3.63) is 34.9 Å². The molecule has 0 unspecified atom stereocenters. The van der Waals surface area contributed by atoms with Gasteiger partial charge in [-0.1, -0.05) is 37.6 Å². The van der Waals surface area contributed by atoms with E-state index in [1.54, 1.807) is 0 Å². The van der Waals surface area contributed by atoms with E-state index in [-0.39, 0.29) is 0 Å². The van der Waals surface area contributed by atoms with Crippen LogP contribution in [0.25, 0.3) is 0 Å². The van der Waals surface area contributed by atoms with Gasteiger partial charge in [0.15, 0.2) is 0 Å². The van der Waals surface area contributed by atoms with E-state index in [1.165, 1.54) is 29.5 Å². The molecule has 0 atom stereocenters. The molecule has 0 aromatic heterocycles. The van der Waals surface area contributed by atoms with Gasteiger partial charge in [0, 0.05) is 25.0 Å². The average molecular weight is 268 g/mol. The Morgan fingerprint density at radius 2 is 1.83 bits per heavy atom. The fraction of sp³-hybridized carbons (Fsp3) is 0.625. The maximum atomic E-state index is 5.95. The highest BCUT2D eigenvalue weighted by Gasteiger charge is 2.15. The van der Waals surface area contributed by atoms with Crippen LogP contribution in [0, 0.1) is 13.8 Å². The number of aryl methyl sites for hydroxylation is 2. The molecule has 0 saturated heterocycles. The average Bonchev–Trinajstić information content (AvgIpc) is 2.35. The van der Waals surface area contributed by atoms with Crippen molar-refractivity contribution in [1.82, 2.24) is 4.90 Å². The van der Waals surface area contributed by atoms with Crippen molar-refractivity contribution in [2.45, 2.75) is 53.1 Å². The Labute approximate surface area is 117 Å². The fourth-order valence-corrected chi connectivity index (χ4v) is 2.71. The van der Waals surface area contributed by atoms with Crippen LogP contribution in [0.4, 0.5) is 0 Å². The summed E-state index contributed by atoms with van der Waals surface area (Å²) in [5.74, 6) is 0.710. The van der Waals surface area contributed by atoms with Gasteiger partial charge >= 0.3 is 0 Å². The molecular weight excluding hydrogens is 242 g/mol. The van der Waals surface area contributed by atoms with Crippen molar-refractivity contribution in [2.24, 2.45) is 0 Å². The van der Waals surface area contributed by atoms with E-state index in [1.807, 2.05) is 0 Å². The number of rotatable bonds is 7. The maximum absolute atomic E-state index is 5.95. The summed E-state index contributed by atoms with van der Waals surface area (Å²) < 4.78 is 0. The van der Waals surface area contributed by atoms with Gasteiger partial charge in [-0.05, 0) is 37.8 Å². The molecule has 2 heteroatoms. The molecule has 1 aromatic rings. The van der Waals surface area contributed by atoms with Gasteiger partial charge in [0.1, 0.15) is 0 Å². The summed E-state index contributed by atoms with van der Waals surface area (Å²) in [6.45, 7) is 10.9. The third-order valence-corrected chi connectivity index (χ3v) is 3.88. The lowest BCUT2D eigenvalue weighted by Crippen LogP contribution is -2.35. The van der Waals surface area contributed by atoms with Gasteiger partial charge in [0.05, 0.1) is 0 Å². The Morgan fingerprint density at radius 1 is 1.17 bits per heavy atom. The van der Waals surface area contributed by atoms with E-state index < -0.39 is 0 Å². The largest absolute Gasteiger partial charge is 0.295 e. The number of halogens is 1. The predicted octanol–water partition coefficient (Wildman–Crippen LogP) is 4.53. The molecule has 0 radical (unpaired) electrons. The van der Waals surface area contributed by atoms with Gasteiger partial charge in [-0.2, -0.15) is 0 Å². The van der Waals surface area contributed by atoms with Crippen LogP contribution in [-0.2, 0) is 6.54 Å². The fourth-order valence-electron chi connectivity index (χ4n) is 2.49. The number of nitrogens with zero attached hydrogens (tertiary/aromatic N) is 1. The van der Waals surface area contributed by atoms with Crippen LogP contribution in [0.3, 0.4) is 0 Å². The summed E-state index contributed by atoms with van der Waals surface area (Å²) in [5.41, 5.74) is 4.16. The number of benzene rings is 1. The molecule has 0 bridgehead atoms. The smallest absolute Gasteiger partial charge is 0.0351 e. The Kier molecular flexibility index (Phi) is 6.73. The maximum Gasteiger partial charge on any atom is 0.0351 e. The monoisotopic (exact) mass is 267 g/mol. The van der Waals surface area contributed by atoms with Crippen LogP contribution in [-0.4, -0.2) is 23.4 Å². The second kappa shape index (κ2) is 7.81. The van der Waals surface area contributed by atoms with Crippen LogP contribution in [0.5, 0.6) is 0 Å². The first kappa shape index (κ1) is 15.5. The second-order valence-electron chi connectivity index (χ2n) is 5.06. The molecule has 1 rings (SSSR count). The van der Waals surface area contributed by atoms with Crippen molar-refractivity contribution < 1.29 is 0 Å². The lowest BCUT2D eigenvalue weighted by atomic mass is 10.0. The second-order valence-corrected chi connectivity index (χ2v) is 5.44. The molecule has 0 N–H and O–H groups in total. The molecule has 0 heterocycles. The number of hydrogen-bond acceptors (Lipinski definition) is 1. The Morgan fingerprint density at radius 3 is 2.39 bits per heavy atom. The van der Waals surface area contributed by atoms with Crippen LogP contribution in [0.2, 0.25) is 0 Å². The van der Waals surface area contributed by atoms with E-state index in [0.717, 1.165) is 13.1 Å². The molecule has 102 valence electrons. The molecule has 0 aliphatic heterocycles. The molecule has 0 aliphatic rings. The molecule has 0 amide bonds. The summed E-state index contributed by atoms with van der Waals surface area (Å²) in [7, 11) is 0. The van der Waals surface area contributed by atoms with E-state index >= 15 is 0 Å². The van der Waals surface area contributed by atoms with Gasteiger partial charge in [-0.25, -0.2) is 0 Å². The van der Waals surface area contributed by atoms with Crippen molar-refractivity contribution >= 4 is 11.6 Å². The summed E-state index contributed by atoms with van der Waals surface area (Å²) in [6, 6.07) is 7.35. The van der Waals surface area contributed by atoms with Crippen LogP contribution >= 0.6 is 11.6 Å². The summed E-state index contributed by atoms with van der Waals surface area (Å²) in [6.07, 6.45) is 2.39. The Bertz CT molecular complexity index is 358.